The van der Waals surface area contributed by atoms with E-state index < -0.39 is 21.5 Å². The number of carbonyl (C=O) groups is 1. The van der Waals surface area contributed by atoms with Crippen LogP contribution >= 0.6 is 0 Å². The average molecular weight is 583 g/mol. The van der Waals surface area contributed by atoms with Gasteiger partial charge in [-0.1, -0.05) is 31.5 Å². The predicted octanol–water partition coefficient (Wildman–Crippen LogP) is 2.16. The quantitative estimate of drug-likeness (QED) is 0.204. The second-order valence-electron chi connectivity index (χ2n) is 9.55. The van der Waals surface area contributed by atoms with Crippen LogP contribution in [0.2, 0.25) is 0 Å². The van der Waals surface area contributed by atoms with E-state index in [1.807, 2.05) is 20.8 Å². The Morgan fingerprint density at radius 1 is 0.951 bits per heavy atom. The molecule has 1 amide bonds. The standard InChI is InChI=1S/C28H34N6O6S/c1-4-16-33-26-24(27(36)34(17-5-2)28(33)37)31-25(32-26)20-8-10-21(11-9-20)40-18-23(35)29-14-15-30-41(38,39)22-12-6-19(3)7-13-22/h6-13,30H,4-5,14-18H2,1-3H3,(H,29,35)(H,31,32). The van der Waals surface area contributed by atoms with Crippen molar-refractivity contribution >= 4 is 27.1 Å². The third-order valence-corrected chi connectivity index (χ3v) is 7.80. The summed E-state index contributed by atoms with van der Waals surface area (Å²) in [6.45, 7) is 6.37. The summed E-state index contributed by atoms with van der Waals surface area (Å²) in [5.41, 5.74) is 1.47. The molecule has 3 N–H and O–H groups in total. The van der Waals surface area contributed by atoms with Gasteiger partial charge in [0.1, 0.15) is 17.1 Å². The maximum absolute atomic E-state index is 12.9. The predicted molar refractivity (Wildman–Crippen MR) is 156 cm³/mol. The zero-order valence-corrected chi connectivity index (χ0v) is 24.1. The van der Waals surface area contributed by atoms with E-state index in [4.69, 9.17) is 4.74 Å². The number of ether oxygens (including phenoxy) is 1. The highest BCUT2D eigenvalue weighted by Crippen LogP contribution is 2.22. The largest absolute Gasteiger partial charge is 0.484 e. The Labute approximate surface area is 237 Å². The number of imidazole rings is 1. The summed E-state index contributed by atoms with van der Waals surface area (Å²) in [5.74, 6) is 0.472. The number of aromatic amines is 1. The molecular weight excluding hydrogens is 548 g/mol. The van der Waals surface area contributed by atoms with Gasteiger partial charge in [-0.3, -0.25) is 18.7 Å². The number of amides is 1. The number of sulfonamides is 1. The number of carbonyl (C=O) groups excluding carboxylic acids is 1. The van der Waals surface area contributed by atoms with Crippen LogP contribution in [0.5, 0.6) is 5.75 Å². The summed E-state index contributed by atoms with van der Waals surface area (Å²) >= 11 is 0. The summed E-state index contributed by atoms with van der Waals surface area (Å²) in [5, 5.41) is 2.61. The Kier molecular flexibility index (Phi) is 9.40. The molecule has 12 nitrogen and oxygen atoms in total. The van der Waals surface area contributed by atoms with Crippen LogP contribution < -0.4 is 26.0 Å². The fourth-order valence-corrected chi connectivity index (χ4v) is 5.28. The van der Waals surface area contributed by atoms with Gasteiger partial charge in [-0.25, -0.2) is 22.9 Å². The van der Waals surface area contributed by atoms with Gasteiger partial charge in [0.2, 0.25) is 10.0 Å². The number of rotatable bonds is 13. The number of benzene rings is 2. The van der Waals surface area contributed by atoms with Crippen molar-refractivity contribution in [3.8, 4) is 17.1 Å². The lowest BCUT2D eigenvalue weighted by molar-refractivity contribution is -0.123. The third-order valence-electron chi connectivity index (χ3n) is 6.32. The van der Waals surface area contributed by atoms with E-state index in [1.54, 1.807) is 36.4 Å². The van der Waals surface area contributed by atoms with Crippen LogP contribution in [0, 0.1) is 6.92 Å². The van der Waals surface area contributed by atoms with Gasteiger partial charge in [-0.05, 0) is 56.2 Å². The van der Waals surface area contributed by atoms with Gasteiger partial charge in [0, 0.05) is 31.7 Å². The lowest BCUT2D eigenvalue weighted by atomic mass is 10.2. The van der Waals surface area contributed by atoms with Gasteiger partial charge >= 0.3 is 5.69 Å². The van der Waals surface area contributed by atoms with Crippen molar-refractivity contribution in [2.75, 3.05) is 19.7 Å². The topological polar surface area (TPSA) is 157 Å². The number of nitrogens with one attached hydrogen (secondary N) is 3. The van der Waals surface area contributed by atoms with Crippen molar-refractivity contribution < 1.29 is 17.9 Å². The number of hydrogen-bond donors (Lipinski definition) is 3. The average Bonchev–Trinajstić information content (AvgIpc) is 3.41. The van der Waals surface area contributed by atoms with Crippen LogP contribution in [0.3, 0.4) is 0 Å². The zero-order valence-electron chi connectivity index (χ0n) is 23.3. The fraction of sp³-hybridized carbons (Fsp3) is 0.357. The summed E-state index contributed by atoms with van der Waals surface area (Å²) in [4.78, 5) is 45.8. The van der Waals surface area contributed by atoms with E-state index in [-0.39, 0.29) is 35.8 Å². The molecule has 0 radical (unpaired) electrons. The molecule has 0 bridgehead atoms. The number of aryl methyl sites for hydroxylation is 2. The molecule has 0 aliphatic heterocycles. The number of hydrogen-bond acceptors (Lipinski definition) is 7. The van der Waals surface area contributed by atoms with Crippen LogP contribution in [0.1, 0.15) is 32.3 Å². The molecule has 41 heavy (non-hydrogen) atoms. The molecule has 0 spiro atoms. The van der Waals surface area contributed by atoms with Crippen LogP contribution in [-0.2, 0) is 27.9 Å². The van der Waals surface area contributed by atoms with Crippen LogP contribution in [0.4, 0.5) is 0 Å². The Morgan fingerprint density at radius 2 is 1.61 bits per heavy atom. The molecule has 0 atom stereocenters. The number of nitrogens with zero attached hydrogens (tertiary/aromatic N) is 3. The normalized spacial score (nSPS) is 11.6. The maximum Gasteiger partial charge on any atom is 0.332 e. The Morgan fingerprint density at radius 3 is 2.27 bits per heavy atom. The summed E-state index contributed by atoms with van der Waals surface area (Å²) in [6.07, 6.45) is 1.37. The smallest absolute Gasteiger partial charge is 0.332 e. The number of fused-ring (bicyclic) bond motifs is 1. The fourth-order valence-electron chi connectivity index (χ4n) is 4.25. The van der Waals surface area contributed by atoms with Crippen LogP contribution in [0.25, 0.3) is 22.6 Å². The van der Waals surface area contributed by atoms with E-state index in [0.717, 1.165) is 5.56 Å². The van der Waals surface area contributed by atoms with Gasteiger partial charge in [-0.15, -0.1) is 0 Å². The van der Waals surface area contributed by atoms with Gasteiger partial charge in [-0.2, -0.15) is 0 Å². The summed E-state index contributed by atoms with van der Waals surface area (Å²) < 4.78 is 35.4. The molecule has 0 fully saturated rings. The number of aromatic nitrogens is 4. The van der Waals surface area contributed by atoms with Gasteiger partial charge in [0.15, 0.2) is 12.3 Å². The van der Waals surface area contributed by atoms with E-state index in [0.29, 0.717) is 48.7 Å². The number of H-pyrrole nitrogens is 1. The molecule has 4 aromatic rings. The zero-order chi connectivity index (χ0) is 29.6. The monoisotopic (exact) mass is 582 g/mol. The summed E-state index contributed by atoms with van der Waals surface area (Å²) in [7, 11) is -3.66. The van der Waals surface area contributed by atoms with Gasteiger partial charge < -0.3 is 15.0 Å². The maximum atomic E-state index is 12.9. The van der Waals surface area contributed by atoms with E-state index >= 15 is 0 Å². The van der Waals surface area contributed by atoms with Crippen molar-refractivity contribution in [3.63, 3.8) is 0 Å². The molecule has 2 aromatic carbocycles. The van der Waals surface area contributed by atoms with Crippen LogP contribution in [0.15, 0.2) is 63.0 Å². The van der Waals surface area contributed by atoms with E-state index in [9.17, 15) is 22.8 Å². The minimum atomic E-state index is -3.66. The molecule has 4 rings (SSSR count). The molecule has 0 saturated heterocycles. The molecule has 0 unspecified atom stereocenters. The Bertz CT molecular complexity index is 1740. The van der Waals surface area contributed by atoms with E-state index in [1.165, 1.54) is 21.3 Å². The Hall–Kier alpha value is -4.23. The molecule has 0 saturated carbocycles. The van der Waals surface area contributed by atoms with Gasteiger partial charge in [0.05, 0.1) is 4.90 Å². The van der Waals surface area contributed by atoms with Crippen molar-refractivity contribution in [2.45, 2.75) is 51.6 Å². The lowest BCUT2D eigenvalue weighted by Gasteiger charge is -2.09. The molecule has 2 heterocycles. The highest BCUT2D eigenvalue weighted by molar-refractivity contribution is 7.89. The molecule has 0 aliphatic carbocycles. The van der Waals surface area contributed by atoms with E-state index in [2.05, 4.69) is 20.0 Å². The minimum absolute atomic E-state index is 0.0315. The second kappa shape index (κ2) is 13.0. The highest BCUT2D eigenvalue weighted by Gasteiger charge is 2.18. The molecule has 13 heteroatoms. The lowest BCUT2D eigenvalue weighted by Crippen LogP contribution is -2.40. The molecule has 218 valence electrons. The van der Waals surface area contributed by atoms with Gasteiger partial charge in [0.25, 0.3) is 11.5 Å². The first-order valence-corrected chi connectivity index (χ1v) is 14.9. The molecule has 2 aromatic heterocycles. The molecule has 0 aliphatic rings. The van der Waals surface area contributed by atoms with Crippen molar-refractivity contribution in [1.82, 2.24) is 29.1 Å². The van der Waals surface area contributed by atoms with Crippen molar-refractivity contribution in [3.05, 3.63) is 74.9 Å². The van der Waals surface area contributed by atoms with Crippen molar-refractivity contribution in [1.29, 1.82) is 0 Å². The first kappa shape index (κ1) is 29.7. The molecular formula is C28H34N6O6S. The Balaban J connectivity index is 1.34. The highest BCUT2D eigenvalue weighted by atomic mass is 32.2. The first-order chi connectivity index (χ1) is 19.6. The SMILES string of the molecule is CCCn1c(=O)c2[nH]c(-c3ccc(OCC(=O)NCCNS(=O)(=O)c4ccc(C)cc4)cc3)nc2n(CCC)c1=O. The van der Waals surface area contributed by atoms with Crippen molar-refractivity contribution in [2.24, 2.45) is 0 Å². The first-order valence-electron chi connectivity index (χ1n) is 13.4. The third kappa shape index (κ3) is 6.92. The second-order valence-corrected chi connectivity index (χ2v) is 11.3. The van der Waals surface area contributed by atoms with Crippen LogP contribution in [-0.4, -0.2) is 53.1 Å². The minimum Gasteiger partial charge on any atom is -0.484 e. The summed E-state index contributed by atoms with van der Waals surface area (Å²) in [6, 6.07) is 13.3.